The van der Waals surface area contributed by atoms with Crippen LogP contribution in [0.15, 0.2) is 58.8 Å². The van der Waals surface area contributed by atoms with Crippen molar-refractivity contribution < 1.29 is 17.9 Å². The summed E-state index contributed by atoms with van der Waals surface area (Å²) < 4.78 is 34.2. The normalized spacial score (nSPS) is 19.4. The number of benzene rings is 2. The third kappa shape index (κ3) is 4.62. The molecule has 1 aliphatic rings. The van der Waals surface area contributed by atoms with Crippen LogP contribution in [0.2, 0.25) is 0 Å². The third-order valence-electron chi connectivity index (χ3n) is 5.38. The van der Waals surface area contributed by atoms with Crippen LogP contribution in [0.5, 0.6) is 0 Å². The second-order valence-electron chi connectivity index (χ2n) is 8.08. The number of anilines is 1. The quantitative estimate of drug-likeness (QED) is 0.422. The van der Waals surface area contributed by atoms with Crippen LogP contribution in [-0.2, 0) is 14.8 Å². The van der Waals surface area contributed by atoms with E-state index in [1.54, 1.807) is 11.3 Å². The van der Waals surface area contributed by atoms with Gasteiger partial charge in [0.15, 0.2) is 5.13 Å². The van der Waals surface area contributed by atoms with Gasteiger partial charge in [0.1, 0.15) is 10.7 Å². The van der Waals surface area contributed by atoms with Gasteiger partial charge in [-0.2, -0.15) is 4.31 Å². The maximum atomic E-state index is 13.0. The van der Waals surface area contributed by atoms with Crippen LogP contribution in [-0.4, -0.2) is 53.9 Å². The largest absolute Gasteiger partial charge is 0.373 e. The summed E-state index contributed by atoms with van der Waals surface area (Å²) in [6, 6.07) is 13.8. The van der Waals surface area contributed by atoms with Gasteiger partial charge in [-0.15, -0.1) is 22.7 Å². The van der Waals surface area contributed by atoms with E-state index in [1.165, 1.54) is 39.9 Å². The lowest BCUT2D eigenvalue weighted by atomic mass is 10.2. The Hall–Kier alpha value is -2.70. The van der Waals surface area contributed by atoms with Crippen LogP contribution in [0.3, 0.4) is 0 Å². The number of morpholine rings is 1. The monoisotopic (exact) mass is 514 g/mol. The molecule has 5 rings (SSSR count). The minimum Gasteiger partial charge on any atom is -0.373 e. The van der Waals surface area contributed by atoms with E-state index < -0.39 is 10.0 Å². The van der Waals surface area contributed by atoms with Crippen molar-refractivity contribution >= 4 is 54.0 Å². The molecule has 2 aromatic heterocycles. The van der Waals surface area contributed by atoms with E-state index in [1.807, 2.05) is 43.5 Å². The van der Waals surface area contributed by atoms with E-state index >= 15 is 0 Å². The highest BCUT2D eigenvalue weighted by molar-refractivity contribution is 7.89. The molecule has 1 saturated heterocycles. The van der Waals surface area contributed by atoms with Crippen molar-refractivity contribution in [2.75, 3.05) is 18.4 Å². The standard InChI is InChI=1S/C23H22N4O4S3/c1-14-11-27(12-15(2)31-14)34(29,30)17-9-7-16(8-10-17)21(28)26-23-25-19(13-32-23)22-24-18-5-3-4-6-20(18)33-22/h3-10,13-15H,11-12H2,1-2H3,(H,25,26,28)/t14-,15-/m1/s1. The molecule has 0 spiro atoms. The number of carbonyl (C=O) groups excluding carboxylic acids is 1. The van der Waals surface area contributed by atoms with E-state index in [0.717, 1.165) is 15.2 Å². The average molecular weight is 515 g/mol. The lowest BCUT2D eigenvalue weighted by molar-refractivity contribution is -0.0440. The van der Waals surface area contributed by atoms with Crippen molar-refractivity contribution in [3.63, 3.8) is 0 Å². The summed E-state index contributed by atoms with van der Waals surface area (Å²) in [6.07, 6.45) is -0.343. The molecule has 2 aromatic carbocycles. The van der Waals surface area contributed by atoms with Crippen LogP contribution in [0.4, 0.5) is 5.13 Å². The van der Waals surface area contributed by atoms with Gasteiger partial charge in [-0.05, 0) is 50.2 Å². The second-order valence-corrected chi connectivity index (χ2v) is 11.9. The number of sulfonamides is 1. The Balaban J connectivity index is 1.28. The molecular weight excluding hydrogens is 492 g/mol. The summed E-state index contributed by atoms with van der Waals surface area (Å²) in [7, 11) is -3.66. The highest BCUT2D eigenvalue weighted by Gasteiger charge is 2.32. The molecule has 1 aliphatic heterocycles. The Morgan fingerprint density at radius 2 is 1.76 bits per heavy atom. The second kappa shape index (κ2) is 9.16. The number of carbonyl (C=O) groups is 1. The summed E-state index contributed by atoms with van der Waals surface area (Å²) in [5.74, 6) is -0.359. The Labute approximate surface area is 205 Å². The molecule has 176 valence electrons. The van der Waals surface area contributed by atoms with Crippen LogP contribution in [0.25, 0.3) is 20.9 Å². The molecule has 2 atom stereocenters. The first-order valence-electron chi connectivity index (χ1n) is 10.7. The average Bonchev–Trinajstić information content (AvgIpc) is 3.45. The summed E-state index contributed by atoms with van der Waals surface area (Å²) in [5.41, 5.74) is 1.97. The lowest BCUT2D eigenvalue weighted by Gasteiger charge is -2.34. The van der Waals surface area contributed by atoms with Gasteiger partial charge >= 0.3 is 0 Å². The minimum atomic E-state index is -3.66. The van der Waals surface area contributed by atoms with Crippen molar-refractivity contribution in [2.24, 2.45) is 0 Å². The van der Waals surface area contributed by atoms with Crippen LogP contribution in [0, 0.1) is 0 Å². The molecule has 4 aromatic rings. The van der Waals surface area contributed by atoms with Crippen molar-refractivity contribution in [3.05, 3.63) is 59.5 Å². The predicted octanol–water partition coefficient (Wildman–Crippen LogP) is 4.47. The van der Waals surface area contributed by atoms with Gasteiger partial charge in [0.25, 0.3) is 5.91 Å². The summed E-state index contributed by atoms with van der Waals surface area (Å²) in [5, 5.41) is 5.88. The van der Waals surface area contributed by atoms with Gasteiger partial charge < -0.3 is 4.74 Å². The number of fused-ring (bicyclic) bond motifs is 1. The third-order valence-corrected chi connectivity index (χ3v) is 9.04. The van der Waals surface area contributed by atoms with E-state index in [2.05, 4.69) is 15.3 Å². The summed E-state index contributed by atoms with van der Waals surface area (Å²) >= 11 is 2.86. The first-order valence-corrected chi connectivity index (χ1v) is 13.8. The molecule has 1 N–H and O–H groups in total. The van der Waals surface area contributed by atoms with Crippen molar-refractivity contribution in [1.29, 1.82) is 0 Å². The number of hydrogen-bond acceptors (Lipinski definition) is 8. The first-order chi connectivity index (χ1) is 16.3. The molecule has 8 nitrogen and oxygen atoms in total. The van der Waals surface area contributed by atoms with Crippen molar-refractivity contribution in [1.82, 2.24) is 14.3 Å². The molecular formula is C23H22N4O4S3. The highest BCUT2D eigenvalue weighted by Crippen LogP contribution is 2.32. The smallest absolute Gasteiger partial charge is 0.257 e. The number of nitrogens with zero attached hydrogens (tertiary/aromatic N) is 3. The van der Waals surface area contributed by atoms with E-state index in [9.17, 15) is 13.2 Å². The fourth-order valence-corrected chi connectivity index (χ4v) is 7.12. The number of ether oxygens (including phenoxy) is 1. The Bertz CT molecular complexity index is 1400. The van der Waals surface area contributed by atoms with Crippen molar-refractivity contribution in [3.8, 4) is 10.7 Å². The number of thiazole rings is 2. The summed E-state index contributed by atoms with van der Waals surface area (Å²) in [4.78, 5) is 22.0. The SMILES string of the molecule is C[C@@H]1CN(S(=O)(=O)c2ccc(C(=O)Nc3nc(-c4nc5ccccc5s4)cs3)cc2)C[C@@H](C)O1. The zero-order valence-electron chi connectivity index (χ0n) is 18.5. The lowest BCUT2D eigenvalue weighted by Crippen LogP contribution is -2.48. The van der Waals surface area contributed by atoms with Gasteiger partial charge in [-0.1, -0.05) is 12.1 Å². The fraction of sp³-hybridized carbons (Fsp3) is 0.261. The van der Waals surface area contributed by atoms with Gasteiger partial charge in [-0.25, -0.2) is 18.4 Å². The van der Waals surface area contributed by atoms with Gasteiger partial charge in [-0.3, -0.25) is 10.1 Å². The topological polar surface area (TPSA) is 101 Å². The van der Waals surface area contributed by atoms with Gasteiger partial charge in [0.05, 0.1) is 27.3 Å². The van der Waals surface area contributed by atoms with E-state index in [-0.39, 0.29) is 23.0 Å². The maximum absolute atomic E-state index is 13.0. The van der Waals surface area contributed by atoms with E-state index in [0.29, 0.717) is 29.5 Å². The van der Waals surface area contributed by atoms with Crippen molar-refractivity contribution in [2.45, 2.75) is 31.0 Å². The van der Waals surface area contributed by atoms with Crippen LogP contribution >= 0.6 is 22.7 Å². The molecule has 0 radical (unpaired) electrons. The number of hydrogen-bond donors (Lipinski definition) is 1. The molecule has 34 heavy (non-hydrogen) atoms. The number of amides is 1. The Kier molecular flexibility index (Phi) is 6.21. The number of rotatable bonds is 5. The summed E-state index contributed by atoms with van der Waals surface area (Å²) in [6.45, 7) is 4.31. The first kappa shape index (κ1) is 23.1. The van der Waals surface area contributed by atoms with Crippen LogP contribution in [0.1, 0.15) is 24.2 Å². The fourth-order valence-electron chi connectivity index (χ4n) is 3.83. The molecule has 0 unspecified atom stereocenters. The molecule has 1 amide bonds. The molecule has 0 bridgehead atoms. The molecule has 1 fully saturated rings. The Morgan fingerprint density at radius 3 is 2.47 bits per heavy atom. The molecule has 0 aliphatic carbocycles. The van der Waals surface area contributed by atoms with E-state index in [4.69, 9.17) is 4.74 Å². The van der Waals surface area contributed by atoms with Crippen LogP contribution < -0.4 is 5.32 Å². The minimum absolute atomic E-state index is 0.151. The maximum Gasteiger partial charge on any atom is 0.257 e. The van der Waals surface area contributed by atoms with Gasteiger partial charge in [0, 0.05) is 24.0 Å². The zero-order valence-corrected chi connectivity index (χ0v) is 20.9. The molecule has 11 heteroatoms. The number of para-hydroxylation sites is 1. The number of aromatic nitrogens is 2. The molecule has 0 saturated carbocycles. The Morgan fingerprint density at radius 1 is 1.06 bits per heavy atom. The number of nitrogens with one attached hydrogen (secondary N) is 1. The predicted molar refractivity (Wildman–Crippen MR) is 134 cm³/mol. The van der Waals surface area contributed by atoms with Gasteiger partial charge in [0.2, 0.25) is 10.0 Å². The molecule has 3 heterocycles. The highest BCUT2D eigenvalue weighted by atomic mass is 32.2. The zero-order chi connectivity index (χ0) is 23.9.